The number of anilines is 2. The molecule has 0 aromatic heterocycles. The van der Waals surface area contributed by atoms with Crippen molar-refractivity contribution in [1.82, 2.24) is 0 Å². The van der Waals surface area contributed by atoms with Crippen molar-refractivity contribution >= 4 is 40.9 Å². The Labute approximate surface area is 173 Å². The largest absolute Gasteiger partial charge is 0.325 e. The first-order chi connectivity index (χ1) is 13.9. The van der Waals surface area contributed by atoms with E-state index in [1.165, 1.54) is 24.3 Å². The highest BCUT2D eigenvalue weighted by molar-refractivity contribution is 8.01. The molecule has 1 aliphatic heterocycles. The zero-order valence-electron chi connectivity index (χ0n) is 16.4. The fourth-order valence-electron chi connectivity index (χ4n) is 3.35. The monoisotopic (exact) mass is 414 g/mol. The van der Waals surface area contributed by atoms with E-state index in [0.29, 0.717) is 5.69 Å². The molecule has 3 amide bonds. The number of amides is 3. The third kappa shape index (κ3) is 4.67. The van der Waals surface area contributed by atoms with Crippen LogP contribution in [0.1, 0.15) is 31.4 Å². The average molecular weight is 415 g/mol. The van der Waals surface area contributed by atoms with Crippen LogP contribution in [0.25, 0.3) is 0 Å². The number of aryl methyl sites for hydroxylation is 2. The summed E-state index contributed by atoms with van der Waals surface area (Å²) in [6.45, 7) is 4.07. The van der Waals surface area contributed by atoms with Gasteiger partial charge in [-0.2, -0.15) is 0 Å². The molecule has 1 N–H and O–H groups in total. The van der Waals surface area contributed by atoms with Crippen molar-refractivity contribution < 1.29 is 18.8 Å². The van der Waals surface area contributed by atoms with Gasteiger partial charge in [-0.05, 0) is 48.2 Å². The first-order valence-corrected chi connectivity index (χ1v) is 10.6. The molecular weight excluding hydrogens is 391 g/mol. The van der Waals surface area contributed by atoms with Gasteiger partial charge >= 0.3 is 0 Å². The molecule has 1 fully saturated rings. The van der Waals surface area contributed by atoms with Crippen LogP contribution in [0.4, 0.5) is 15.8 Å². The molecule has 1 aliphatic rings. The SMILES string of the molecule is CCc1cccc(CC)c1NC(=O)CSC1CC(=O)N(c2ccc(F)cc2)C1=O. The van der Waals surface area contributed by atoms with Gasteiger partial charge in [0.05, 0.1) is 16.7 Å². The van der Waals surface area contributed by atoms with E-state index in [-0.39, 0.29) is 29.9 Å². The zero-order valence-corrected chi connectivity index (χ0v) is 17.2. The second-order valence-electron chi connectivity index (χ2n) is 6.75. The zero-order chi connectivity index (χ0) is 21.0. The van der Waals surface area contributed by atoms with Gasteiger partial charge < -0.3 is 5.32 Å². The van der Waals surface area contributed by atoms with E-state index in [1.54, 1.807) is 0 Å². The fourth-order valence-corrected chi connectivity index (χ4v) is 4.28. The van der Waals surface area contributed by atoms with Crippen molar-refractivity contribution in [2.24, 2.45) is 0 Å². The lowest BCUT2D eigenvalue weighted by molar-refractivity contribution is -0.121. The summed E-state index contributed by atoms with van der Waals surface area (Å²) >= 11 is 1.15. The molecule has 0 aliphatic carbocycles. The standard InChI is InChI=1S/C22H23FN2O3S/c1-3-14-6-5-7-15(4-2)21(14)24-19(26)13-29-18-12-20(27)25(22(18)28)17-10-8-16(23)9-11-17/h5-11,18H,3-4,12-13H2,1-2H3,(H,24,26). The molecule has 1 saturated heterocycles. The van der Waals surface area contributed by atoms with Crippen molar-refractivity contribution in [2.45, 2.75) is 38.4 Å². The van der Waals surface area contributed by atoms with Gasteiger partial charge in [-0.1, -0.05) is 32.0 Å². The summed E-state index contributed by atoms with van der Waals surface area (Å²) in [6, 6.07) is 11.2. The minimum atomic E-state index is -0.620. The highest BCUT2D eigenvalue weighted by Crippen LogP contribution is 2.30. The minimum Gasteiger partial charge on any atom is -0.325 e. The number of para-hydroxylation sites is 1. The molecule has 0 saturated carbocycles. The van der Waals surface area contributed by atoms with Gasteiger partial charge in [0.2, 0.25) is 17.7 Å². The van der Waals surface area contributed by atoms with Crippen molar-refractivity contribution in [1.29, 1.82) is 0 Å². The number of thioether (sulfide) groups is 1. The second kappa shape index (κ2) is 9.22. The lowest BCUT2D eigenvalue weighted by Crippen LogP contribution is -2.31. The van der Waals surface area contributed by atoms with Gasteiger partial charge in [0.25, 0.3) is 0 Å². The molecule has 3 rings (SSSR count). The van der Waals surface area contributed by atoms with E-state index >= 15 is 0 Å². The van der Waals surface area contributed by atoms with Crippen molar-refractivity contribution in [3.05, 3.63) is 59.4 Å². The van der Waals surface area contributed by atoms with Crippen LogP contribution in [0, 0.1) is 5.82 Å². The number of halogens is 1. The second-order valence-corrected chi connectivity index (χ2v) is 7.95. The highest BCUT2D eigenvalue weighted by atomic mass is 32.2. The van der Waals surface area contributed by atoms with Crippen LogP contribution in [0.5, 0.6) is 0 Å². The maximum Gasteiger partial charge on any atom is 0.247 e. The molecule has 0 radical (unpaired) electrons. The molecule has 29 heavy (non-hydrogen) atoms. The van der Waals surface area contributed by atoms with Crippen molar-refractivity contribution in [2.75, 3.05) is 16.0 Å². The Morgan fingerprint density at radius 3 is 2.31 bits per heavy atom. The van der Waals surface area contributed by atoms with E-state index in [9.17, 15) is 18.8 Å². The third-order valence-corrected chi connectivity index (χ3v) is 6.07. The topological polar surface area (TPSA) is 66.5 Å². The molecule has 1 unspecified atom stereocenters. The van der Waals surface area contributed by atoms with Gasteiger partial charge in [0.15, 0.2) is 0 Å². The van der Waals surface area contributed by atoms with Crippen LogP contribution in [0.2, 0.25) is 0 Å². The number of hydrogen-bond acceptors (Lipinski definition) is 4. The van der Waals surface area contributed by atoms with Crippen molar-refractivity contribution in [3.8, 4) is 0 Å². The Hall–Kier alpha value is -2.67. The van der Waals surface area contributed by atoms with Crippen LogP contribution in [0.3, 0.4) is 0 Å². The predicted octanol–water partition coefficient (Wildman–Crippen LogP) is 3.95. The summed E-state index contributed by atoms with van der Waals surface area (Å²) in [5.74, 6) is -1.28. The summed E-state index contributed by atoms with van der Waals surface area (Å²) in [7, 11) is 0. The van der Waals surface area contributed by atoms with Gasteiger partial charge in [-0.3, -0.25) is 14.4 Å². The average Bonchev–Trinajstić information content (AvgIpc) is 3.00. The molecule has 152 valence electrons. The Morgan fingerprint density at radius 1 is 1.10 bits per heavy atom. The molecule has 2 aromatic carbocycles. The smallest absolute Gasteiger partial charge is 0.247 e. The lowest BCUT2D eigenvalue weighted by Gasteiger charge is -2.16. The molecule has 0 bridgehead atoms. The summed E-state index contributed by atoms with van der Waals surface area (Å²) in [6.07, 6.45) is 1.64. The van der Waals surface area contributed by atoms with Crippen LogP contribution in [-0.2, 0) is 27.2 Å². The van der Waals surface area contributed by atoms with E-state index in [2.05, 4.69) is 5.32 Å². The summed E-state index contributed by atoms with van der Waals surface area (Å²) in [5, 5.41) is 2.35. The third-order valence-electron chi connectivity index (χ3n) is 4.87. The first kappa shape index (κ1) is 21.0. The number of benzene rings is 2. The van der Waals surface area contributed by atoms with E-state index < -0.39 is 11.1 Å². The molecule has 1 atom stereocenters. The number of hydrogen-bond donors (Lipinski definition) is 1. The molecule has 2 aromatic rings. The molecular formula is C22H23FN2O3S. The Morgan fingerprint density at radius 2 is 1.72 bits per heavy atom. The number of carbonyl (C=O) groups excluding carboxylic acids is 3. The number of nitrogens with zero attached hydrogens (tertiary/aromatic N) is 1. The van der Waals surface area contributed by atoms with Crippen LogP contribution in [0.15, 0.2) is 42.5 Å². The summed E-state index contributed by atoms with van der Waals surface area (Å²) < 4.78 is 13.1. The highest BCUT2D eigenvalue weighted by Gasteiger charge is 2.40. The van der Waals surface area contributed by atoms with Gasteiger partial charge in [0.1, 0.15) is 5.82 Å². The van der Waals surface area contributed by atoms with Crippen LogP contribution >= 0.6 is 11.8 Å². The number of nitrogens with one attached hydrogen (secondary N) is 1. The Bertz CT molecular complexity index is 908. The van der Waals surface area contributed by atoms with Gasteiger partial charge in [0, 0.05) is 12.1 Å². The predicted molar refractivity (Wildman–Crippen MR) is 114 cm³/mol. The maximum absolute atomic E-state index is 13.1. The van der Waals surface area contributed by atoms with Crippen LogP contribution < -0.4 is 10.2 Å². The van der Waals surface area contributed by atoms with Crippen LogP contribution in [-0.4, -0.2) is 28.7 Å². The summed E-state index contributed by atoms with van der Waals surface area (Å²) in [5.41, 5.74) is 3.32. The fraction of sp³-hybridized carbons (Fsp3) is 0.318. The molecule has 0 spiro atoms. The lowest BCUT2D eigenvalue weighted by atomic mass is 10.0. The molecule has 7 heteroatoms. The first-order valence-electron chi connectivity index (χ1n) is 9.59. The normalized spacial score (nSPS) is 16.4. The quantitative estimate of drug-likeness (QED) is 0.697. The molecule has 1 heterocycles. The Kier molecular flexibility index (Phi) is 6.69. The van der Waals surface area contributed by atoms with E-state index in [1.807, 2.05) is 32.0 Å². The van der Waals surface area contributed by atoms with E-state index in [4.69, 9.17) is 0 Å². The van der Waals surface area contributed by atoms with E-state index in [0.717, 1.165) is 46.3 Å². The minimum absolute atomic E-state index is 0.0277. The van der Waals surface area contributed by atoms with Gasteiger partial charge in [-0.25, -0.2) is 9.29 Å². The number of carbonyl (C=O) groups is 3. The number of imide groups is 1. The Balaban J connectivity index is 1.63. The van der Waals surface area contributed by atoms with Crippen molar-refractivity contribution in [3.63, 3.8) is 0 Å². The maximum atomic E-state index is 13.1. The summed E-state index contributed by atoms with van der Waals surface area (Å²) in [4.78, 5) is 38.5. The molecule has 5 nitrogen and oxygen atoms in total. The number of rotatable bonds is 7. The van der Waals surface area contributed by atoms with Gasteiger partial charge in [-0.15, -0.1) is 11.8 Å².